The minimum absolute atomic E-state index is 0.226. The van der Waals surface area contributed by atoms with E-state index in [2.05, 4.69) is 22.5 Å². The number of hydrogen-bond donors (Lipinski definition) is 3. The van der Waals surface area contributed by atoms with E-state index < -0.39 is 29.3 Å². The Morgan fingerprint density at radius 2 is 1.24 bits per heavy atom. The number of rotatable bonds is 8. The number of amides is 3. The van der Waals surface area contributed by atoms with E-state index >= 15 is 0 Å². The van der Waals surface area contributed by atoms with E-state index in [1.165, 1.54) is 0 Å². The number of benzene rings is 1. The Labute approximate surface area is 257 Å². The highest BCUT2D eigenvalue weighted by Crippen LogP contribution is 2.36. The molecule has 2 aliphatic heterocycles. The van der Waals surface area contributed by atoms with E-state index in [0.29, 0.717) is 35.2 Å². The summed E-state index contributed by atoms with van der Waals surface area (Å²) in [6.07, 6.45) is -0.609. The third-order valence-corrected chi connectivity index (χ3v) is 8.75. The van der Waals surface area contributed by atoms with Crippen LogP contribution >= 0.6 is 67.8 Å². The number of anilines is 1. The van der Waals surface area contributed by atoms with E-state index in [0.717, 1.165) is 0 Å². The van der Waals surface area contributed by atoms with E-state index in [9.17, 15) is 14.4 Å². The zero-order valence-corrected chi connectivity index (χ0v) is 27.7. The smallest absolute Gasteiger partial charge is 0.253 e. The van der Waals surface area contributed by atoms with Gasteiger partial charge in [-0.2, -0.15) is 0 Å². The highest BCUT2D eigenvalue weighted by molar-refractivity contribution is 14.1. The van der Waals surface area contributed by atoms with Crippen LogP contribution in [0.1, 0.15) is 55.3 Å². The Hall–Kier alpha value is -0.600. The van der Waals surface area contributed by atoms with Gasteiger partial charge in [0.25, 0.3) is 17.7 Å². The van der Waals surface area contributed by atoms with Gasteiger partial charge in [-0.1, -0.05) is 6.58 Å². The summed E-state index contributed by atoms with van der Waals surface area (Å²) in [6, 6.07) is 0. The highest BCUT2D eigenvalue weighted by atomic mass is 127. The molecule has 204 valence electrons. The molecule has 0 bridgehead atoms. The maximum Gasteiger partial charge on any atom is 0.253 e. The largest absolute Gasteiger partial charge is 0.349 e. The molecule has 0 saturated carbocycles. The summed E-state index contributed by atoms with van der Waals surface area (Å²) in [5.74, 6) is -2.63. The number of carbonyl (C=O) groups excluding carboxylic acids is 3. The van der Waals surface area contributed by atoms with Crippen molar-refractivity contribution >= 4 is 91.2 Å². The molecule has 2 heterocycles. The molecule has 1 aromatic rings. The number of halogens is 3. The molecule has 2 aliphatic rings. The maximum atomic E-state index is 13.4. The average Bonchev–Trinajstić information content (AvgIpc) is 3.33. The van der Waals surface area contributed by atoms with Crippen LogP contribution in [0.5, 0.6) is 0 Å². The Morgan fingerprint density at radius 1 is 0.838 bits per heavy atom. The van der Waals surface area contributed by atoms with Crippen molar-refractivity contribution in [2.45, 2.75) is 58.4 Å². The van der Waals surface area contributed by atoms with Crippen LogP contribution in [0, 0.1) is 10.7 Å². The van der Waals surface area contributed by atoms with Crippen molar-refractivity contribution in [3.8, 4) is 0 Å². The van der Waals surface area contributed by atoms with Gasteiger partial charge < -0.3 is 34.9 Å². The fraction of sp³-hybridized carbons (Fsp3) is 0.542. The molecule has 2 saturated heterocycles. The summed E-state index contributed by atoms with van der Waals surface area (Å²) in [6.45, 7) is 13.7. The van der Waals surface area contributed by atoms with E-state index in [1.54, 1.807) is 6.92 Å². The second-order valence-corrected chi connectivity index (χ2v) is 12.9. The van der Waals surface area contributed by atoms with Gasteiger partial charge in [-0.05, 0) is 102 Å². The van der Waals surface area contributed by atoms with Crippen molar-refractivity contribution < 1.29 is 33.3 Å². The first-order valence-corrected chi connectivity index (χ1v) is 14.7. The Kier molecular flexibility index (Phi) is 10.3. The van der Waals surface area contributed by atoms with Gasteiger partial charge in [-0.3, -0.25) is 14.4 Å². The molecule has 1 aromatic carbocycles. The van der Waals surface area contributed by atoms with Crippen LogP contribution in [0.25, 0.3) is 0 Å². The number of carbonyl (C=O) groups is 3. The zero-order chi connectivity index (χ0) is 27.7. The molecule has 0 radical (unpaired) electrons. The van der Waals surface area contributed by atoms with E-state index in [-0.39, 0.29) is 36.4 Å². The molecule has 3 rings (SSSR count). The topological polar surface area (TPSA) is 124 Å². The first-order chi connectivity index (χ1) is 17.1. The maximum absolute atomic E-state index is 13.4. The number of nitrogens with one attached hydrogen (secondary N) is 3. The molecule has 3 amide bonds. The van der Waals surface area contributed by atoms with Crippen molar-refractivity contribution in [1.82, 2.24) is 10.6 Å². The monoisotopic (exact) mass is 853 g/mol. The Morgan fingerprint density at radius 3 is 1.57 bits per heavy atom. The van der Waals surface area contributed by atoms with Crippen LogP contribution in [-0.2, 0) is 23.7 Å². The molecule has 13 heteroatoms. The van der Waals surface area contributed by atoms with Crippen LogP contribution in [0.3, 0.4) is 0 Å². The first kappa shape index (κ1) is 30.9. The third-order valence-electron chi connectivity index (χ3n) is 5.51. The lowest BCUT2D eigenvalue weighted by atomic mass is 10.1. The lowest BCUT2D eigenvalue weighted by Crippen LogP contribution is -2.37. The predicted octanol–water partition coefficient (Wildman–Crippen LogP) is 3.78. The predicted molar refractivity (Wildman–Crippen MR) is 163 cm³/mol. The lowest BCUT2D eigenvalue weighted by Gasteiger charge is -2.21. The molecule has 2 atom stereocenters. The van der Waals surface area contributed by atoms with Gasteiger partial charge in [0.1, 0.15) is 12.2 Å². The Bertz CT molecular complexity index is 1050. The number of ether oxygens (including phenoxy) is 4. The Balaban J connectivity index is 1.90. The van der Waals surface area contributed by atoms with Gasteiger partial charge in [0.05, 0.1) is 37.2 Å². The molecule has 2 fully saturated rings. The van der Waals surface area contributed by atoms with Gasteiger partial charge in [0.2, 0.25) is 0 Å². The third kappa shape index (κ3) is 7.75. The average molecular weight is 853 g/mol. The summed E-state index contributed by atoms with van der Waals surface area (Å²) in [7, 11) is 0. The molecule has 37 heavy (non-hydrogen) atoms. The SMILES string of the molecule is C=C(C)C(=O)Nc1c(I)c(C(=O)NCC2COC(C)(C)O2)c(I)c(C(=O)NCC2COC(C)(C)O2)c1I. The van der Waals surface area contributed by atoms with Gasteiger partial charge in [0.15, 0.2) is 11.6 Å². The van der Waals surface area contributed by atoms with E-state index in [1.807, 2.05) is 95.5 Å². The summed E-state index contributed by atoms with van der Waals surface area (Å²) in [4.78, 5) is 39.3. The van der Waals surface area contributed by atoms with Crippen molar-refractivity contribution in [1.29, 1.82) is 0 Å². The summed E-state index contributed by atoms with van der Waals surface area (Å²) >= 11 is 6.03. The summed E-state index contributed by atoms with van der Waals surface area (Å²) < 4.78 is 24.2. The standard InChI is InChI=1S/C24H30I3N3O7/c1-11(2)20(31)30-19-17(26)14(21(32)28-7-12-9-34-23(3,4)36-12)16(25)15(18(19)27)22(33)29-8-13-10-35-24(5,6)37-13/h12-13H,1,7-10H2,2-6H3,(H,28,32)(H,29,33)(H,30,31). The van der Waals surface area contributed by atoms with Crippen LogP contribution < -0.4 is 16.0 Å². The van der Waals surface area contributed by atoms with Crippen LogP contribution in [0.15, 0.2) is 12.2 Å². The van der Waals surface area contributed by atoms with Crippen LogP contribution in [0.2, 0.25) is 0 Å². The van der Waals surface area contributed by atoms with Crippen molar-refractivity contribution in [3.05, 3.63) is 34.0 Å². The van der Waals surface area contributed by atoms with Crippen molar-refractivity contribution in [2.75, 3.05) is 31.6 Å². The second kappa shape index (κ2) is 12.3. The quantitative estimate of drug-likeness (QED) is 0.269. The fourth-order valence-electron chi connectivity index (χ4n) is 3.71. The summed E-state index contributed by atoms with van der Waals surface area (Å²) in [5, 5.41) is 8.57. The lowest BCUT2D eigenvalue weighted by molar-refractivity contribution is -0.138. The van der Waals surface area contributed by atoms with E-state index in [4.69, 9.17) is 18.9 Å². The molecule has 2 unspecified atom stereocenters. The van der Waals surface area contributed by atoms with Gasteiger partial charge in [-0.15, -0.1) is 0 Å². The van der Waals surface area contributed by atoms with Crippen molar-refractivity contribution in [2.24, 2.45) is 0 Å². The molecular formula is C24H30I3N3O7. The molecule has 0 aromatic heterocycles. The molecule has 0 aliphatic carbocycles. The minimum Gasteiger partial charge on any atom is -0.349 e. The normalized spacial score (nSPS) is 21.9. The van der Waals surface area contributed by atoms with Gasteiger partial charge in [-0.25, -0.2) is 0 Å². The second-order valence-electron chi connectivity index (χ2n) is 9.62. The van der Waals surface area contributed by atoms with Gasteiger partial charge >= 0.3 is 0 Å². The zero-order valence-electron chi connectivity index (χ0n) is 21.2. The minimum atomic E-state index is -0.713. The molecule has 10 nitrogen and oxygen atoms in total. The molecule has 0 spiro atoms. The number of hydrogen-bond acceptors (Lipinski definition) is 7. The summed E-state index contributed by atoms with van der Waals surface area (Å²) in [5.41, 5.74) is 1.23. The van der Waals surface area contributed by atoms with Gasteiger partial charge in [0, 0.05) is 22.2 Å². The first-order valence-electron chi connectivity index (χ1n) is 11.5. The van der Waals surface area contributed by atoms with Crippen LogP contribution in [-0.4, -0.2) is 67.8 Å². The highest BCUT2D eigenvalue weighted by Gasteiger charge is 2.35. The molecule has 3 N–H and O–H groups in total. The van der Waals surface area contributed by atoms with Crippen molar-refractivity contribution in [3.63, 3.8) is 0 Å². The molecular weight excluding hydrogens is 823 g/mol. The van der Waals surface area contributed by atoms with Crippen LogP contribution in [0.4, 0.5) is 5.69 Å². The fourth-order valence-corrected chi connectivity index (χ4v) is 8.13.